The Kier molecular flexibility index (Phi) is 11.0. The normalized spacial score (nSPS) is 15.7. The number of anilines is 1. The lowest BCUT2D eigenvalue weighted by atomic mass is 10.1. The van der Waals surface area contributed by atoms with Crippen molar-refractivity contribution in [3.63, 3.8) is 0 Å². The topological polar surface area (TPSA) is 124 Å². The number of aliphatic hydroxyl groups is 1. The number of piperazine rings is 1. The summed E-state index contributed by atoms with van der Waals surface area (Å²) in [6.07, 6.45) is 1.55. The van der Waals surface area contributed by atoms with Gasteiger partial charge in [-0.05, 0) is 35.9 Å². The van der Waals surface area contributed by atoms with E-state index in [1.54, 1.807) is 30.3 Å². The molecular formula is C30H35ClFN5O5. The van der Waals surface area contributed by atoms with E-state index in [9.17, 15) is 23.9 Å². The van der Waals surface area contributed by atoms with Gasteiger partial charge in [-0.1, -0.05) is 48.0 Å². The van der Waals surface area contributed by atoms with Gasteiger partial charge in [0.05, 0.1) is 17.7 Å². The predicted octanol–water partition coefficient (Wildman–Crippen LogP) is 3.61. The van der Waals surface area contributed by atoms with E-state index in [-0.39, 0.29) is 61.8 Å². The average molecular weight is 600 g/mol. The second kappa shape index (κ2) is 14.9. The molecular weight excluding hydrogens is 565 g/mol. The second-order valence-electron chi connectivity index (χ2n) is 10.2. The largest absolute Gasteiger partial charge is 0.447 e. The van der Waals surface area contributed by atoms with Gasteiger partial charge in [-0.15, -0.1) is 0 Å². The molecule has 224 valence electrons. The van der Waals surface area contributed by atoms with E-state index in [2.05, 4.69) is 15.6 Å². The van der Waals surface area contributed by atoms with E-state index < -0.39 is 18.0 Å². The number of fused-ring (bicyclic) bond motifs is 1. The van der Waals surface area contributed by atoms with Crippen LogP contribution in [0.5, 0.6) is 0 Å². The summed E-state index contributed by atoms with van der Waals surface area (Å²) >= 11 is 6.05. The minimum Gasteiger partial charge on any atom is -0.447 e. The molecule has 3 N–H and O–H groups in total. The first-order chi connectivity index (χ1) is 20.2. The summed E-state index contributed by atoms with van der Waals surface area (Å²) in [7, 11) is 1.59. The molecule has 1 aliphatic heterocycles. The Morgan fingerprint density at radius 3 is 2.79 bits per heavy atom. The molecule has 3 aromatic rings. The van der Waals surface area contributed by atoms with Gasteiger partial charge in [-0.3, -0.25) is 14.9 Å². The van der Waals surface area contributed by atoms with Gasteiger partial charge in [-0.2, -0.15) is 0 Å². The van der Waals surface area contributed by atoms with Crippen molar-refractivity contribution in [1.29, 1.82) is 0 Å². The van der Waals surface area contributed by atoms with Gasteiger partial charge in [0.15, 0.2) is 0 Å². The number of nitrogens with zero attached hydrogens (tertiary/aromatic N) is 3. The Bertz CT molecular complexity index is 1410. The molecule has 3 amide bonds. The zero-order valence-corrected chi connectivity index (χ0v) is 24.1. The summed E-state index contributed by atoms with van der Waals surface area (Å²) in [6, 6.07) is 13.0. The summed E-state index contributed by atoms with van der Waals surface area (Å²) < 4.78 is 19.3. The monoisotopic (exact) mass is 599 g/mol. The molecule has 0 saturated carbocycles. The first-order valence-electron chi connectivity index (χ1n) is 13.8. The third-order valence-corrected chi connectivity index (χ3v) is 7.79. The lowest BCUT2D eigenvalue weighted by molar-refractivity contribution is -0.136. The Hall–Kier alpha value is -3.80. The first-order valence-corrected chi connectivity index (χ1v) is 14.2. The maximum absolute atomic E-state index is 13.8. The molecule has 0 bridgehead atoms. The zero-order chi connectivity index (χ0) is 30.1. The van der Waals surface area contributed by atoms with Crippen LogP contribution in [-0.2, 0) is 20.7 Å². The van der Waals surface area contributed by atoms with Crippen LogP contribution in [0.4, 0.5) is 15.0 Å². The van der Waals surface area contributed by atoms with Crippen molar-refractivity contribution in [3.05, 3.63) is 71.1 Å². The molecule has 42 heavy (non-hydrogen) atoms. The van der Waals surface area contributed by atoms with Crippen molar-refractivity contribution >= 4 is 46.1 Å². The average Bonchev–Trinajstić information content (AvgIpc) is 3.01. The fourth-order valence-corrected chi connectivity index (χ4v) is 5.06. The molecule has 2 atom stereocenters. The van der Waals surface area contributed by atoms with Crippen LogP contribution in [0, 0.1) is 5.82 Å². The number of carbonyl (C=O) groups is 3. The molecule has 1 aromatic heterocycles. The van der Waals surface area contributed by atoms with Crippen molar-refractivity contribution in [1.82, 2.24) is 20.1 Å². The highest BCUT2D eigenvalue weighted by molar-refractivity contribution is 6.31. The van der Waals surface area contributed by atoms with Gasteiger partial charge >= 0.3 is 6.09 Å². The van der Waals surface area contributed by atoms with Gasteiger partial charge < -0.3 is 25.0 Å². The van der Waals surface area contributed by atoms with Crippen molar-refractivity contribution in [2.45, 2.75) is 37.8 Å². The molecule has 1 aliphatic rings. The summed E-state index contributed by atoms with van der Waals surface area (Å²) in [4.78, 5) is 46.1. The number of nitrogens with one attached hydrogen (secondary N) is 2. The Morgan fingerprint density at radius 1 is 1.21 bits per heavy atom. The smallest absolute Gasteiger partial charge is 0.412 e. The summed E-state index contributed by atoms with van der Waals surface area (Å²) in [5, 5.41) is 17.0. The number of carbonyl (C=O) groups excluding carboxylic acids is 3. The van der Waals surface area contributed by atoms with Crippen molar-refractivity contribution in [3.8, 4) is 0 Å². The minimum atomic E-state index is -0.741. The highest BCUT2D eigenvalue weighted by Crippen LogP contribution is 2.22. The van der Waals surface area contributed by atoms with Crippen LogP contribution in [0.3, 0.4) is 0 Å². The SMILES string of the molecule is CN(C(=O)CCc1cccc(F)c1Cl)[C@@H](CCC(=O)N1CCN[C@@H](CO)C1)COC(=O)Nc1cc2ccccc2cn1. The predicted molar refractivity (Wildman–Crippen MR) is 158 cm³/mol. The van der Waals surface area contributed by atoms with Gasteiger partial charge in [0.1, 0.15) is 18.2 Å². The summed E-state index contributed by atoms with van der Waals surface area (Å²) in [6.45, 7) is 1.25. The number of aryl methyl sites for hydroxylation is 1. The lowest BCUT2D eigenvalue weighted by Gasteiger charge is -2.34. The van der Waals surface area contributed by atoms with Crippen molar-refractivity contribution in [2.75, 3.05) is 45.2 Å². The number of hydrogen-bond donors (Lipinski definition) is 3. The van der Waals surface area contributed by atoms with Crippen LogP contribution in [0.1, 0.15) is 24.8 Å². The maximum atomic E-state index is 13.8. The van der Waals surface area contributed by atoms with Gasteiger partial charge in [0.2, 0.25) is 11.8 Å². The lowest BCUT2D eigenvalue weighted by Crippen LogP contribution is -2.54. The summed E-state index contributed by atoms with van der Waals surface area (Å²) in [5.41, 5.74) is 0.515. The third kappa shape index (κ3) is 8.37. The standard InChI is InChI=1S/C30H35ClFN5O5/c1-36(27(39)11-9-20-7-4-8-25(32)29(20)31)24(10-12-28(40)37-14-13-33-23(17-37)18-38)19-42-30(41)35-26-15-21-5-2-3-6-22(21)16-34-26/h2-8,15-16,23-24,33,38H,9-14,17-19H2,1H3,(H,34,35,41)/t23-,24+/m1/s1. The molecule has 4 rings (SSSR count). The summed E-state index contributed by atoms with van der Waals surface area (Å²) in [5.74, 6) is -0.616. The van der Waals surface area contributed by atoms with Crippen molar-refractivity contribution < 1.29 is 28.6 Å². The van der Waals surface area contributed by atoms with Gasteiger partial charge in [0.25, 0.3) is 0 Å². The quantitative estimate of drug-likeness (QED) is 0.308. The van der Waals surface area contributed by atoms with E-state index in [0.717, 1.165) is 10.8 Å². The van der Waals surface area contributed by atoms with Crippen LogP contribution < -0.4 is 10.6 Å². The van der Waals surface area contributed by atoms with E-state index >= 15 is 0 Å². The first kappa shape index (κ1) is 31.1. The molecule has 0 radical (unpaired) electrons. The number of ether oxygens (including phenoxy) is 1. The third-order valence-electron chi connectivity index (χ3n) is 7.37. The van der Waals surface area contributed by atoms with Crippen LogP contribution in [-0.4, -0.2) is 89.8 Å². The fourth-order valence-electron chi connectivity index (χ4n) is 4.84. The van der Waals surface area contributed by atoms with Crippen LogP contribution >= 0.6 is 11.6 Å². The molecule has 2 heterocycles. The van der Waals surface area contributed by atoms with E-state index in [4.69, 9.17) is 16.3 Å². The maximum Gasteiger partial charge on any atom is 0.412 e. The minimum absolute atomic E-state index is 0.0189. The number of halogens is 2. The Morgan fingerprint density at radius 2 is 2.00 bits per heavy atom. The Balaban J connectivity index is 1.38. The number of amides is 3. The van der Waals surface area contributed by atoms with Gasteiger partial charge in [0, 0.05) is 57.1 Å². The molecule has 10 nitrogen and oxygen atoms in total. The zero-order valence-electron chi connectivity index (χ0n) is 23.4. The number of aromatic nitrogens is 1. The number of likely N-dealkylation sites (N-methyl/N-ethyl adjacent to an activating group) is 1. The molecule has 0 spiro atoms. The number of pyridine rings is 1. The number of hydrogen-bond acceptors (Lipinski definition) is 7. The van der Waals surface area contributed by atoms with Crippen LogP contribution in [0.15, 0.2) is 54.7 Å². The van der Waals surface area contributed by atoms with Crippen LogP contribution in [0.25, 0.3) is 10.8 Å². The van der Waals surface area contributed by atoms with Crippen LogP contribution in [0.2, 0.25) is 5.02 Å². The van der Waals surface area contributed by atoms with Gasteiger partial charge in [-0.25, -0.2) is 14.2 Å². The fraction of sp³-hybridized carbons (Fsp3) is 0.400. The highest BCUT2D eigenvalue weighted by Gasteiger charge is 2.26. The number of aliphatic hydroxyl groups excluding tert-OH is 1. The number of benzene rings is 2. The molecule has 1 fully saturated rings. The molecule has 2 aromatic carbocycles. The van der Waals surface area contributed by atoms with E-state index in [1.807, 2.05) is 24.3 Å². The molecule has 0 unspecified atom stereocenters. The second-order valence-corrected chi connectivity index (χ2v) is 10.6. The highest BCUT2D eigenvalue weighted by atomic mass is 35.5. The molecule has 0 aliphatic carbocycles. The molecule has 1 saturated heterocycles. The van der Waals surface area contributed by atoms with E-state index in [1.165, 1.54) is 17.0 Å². The molecule has 12 heteroatoms. The van der Waals surface area contributed by atoms with E-state index in [0.29, 0.717) is 31.0 Å². The number of rotatable bonds is 11. The van der Waals surface area contributed by atoms with Crippen molar-refractivity contribution in [2.24, 2.45) is 0 Å². The Labute approximate surface area is 248 Å².